The molecule has 2 heterocycles. The Bertz CT molecular complexity index is 631. The lowest BCUT2D eigenvalue weighted by molar-refractivity contribution is -0.131. The molecule has 0 unspecified atom stereocenters. The van der Waals surface area contributed by atoms with E-state index < -0.39 is 6.61 Å². The number of carbonyl (C=O) groups excluding carboxylic acids is 1. The standard InChI is InChI=1S/C19H27F2N3O3/c1-26-17-12-15(4-5-16(17)27-19(20)21)13-22-8-10-23(11-9-22)14-18(25)24-6-2-3-7-24/h4-5,12,19H,2-3,6-11,13-14H2,1H3. The van der Waals surface area contributed by atoms with Crippen LogP contribution < -0.4 is 9.47 Å². The van der Waals surface area contributed by atoms with Crippen LogP contribution in [0, 0.1) is 0 Å². The Labute approximate surface area is 158 Å². The molecular formula is C19H27F2N3O3. The summed E-state index contributed by atoms with van der Waals surface area (Å²) in [6, 6.07) is 5.04. The maximum atomic E-state index is 12.4. The number of amides is 1. The normalized spacial score (nSPS) is 18.9. The molecule has 2 saturated heterocycles. The largest absolute Gasteiger partial charge is 0.493 e. The second-order valence-corrected chi connectivity index (χ2v) is 7.00. The zero-order chi connectivity index (χ0) is 19.2. The minimum absolute atomic E-state index is 0.0431. The second kappa shape index (κ2) is 9.32. The number of hydrogen-bond acceptors (Lipinski definition) is 5. The Morgan fingerprint density at radius 3 is 2.33 bits per heavy atom. The summed E-state index contributed by atoms with van der Waals surface area (Å²) in [5, 5.41) is 0. The molecule has 6 nitrogen and oxygen atoms in total. The van der Waals surface area contributed by atoms with Gasteiger partial charge in [0.1, 0.15) is 0 Å². The van der Waals surface area contributed by atoms with Crippen molar-refractivity contribution < 1.29 is 23.0 Å². The van der Waals surface area contributed by atoms with Crippen LogP contribution in [0.5, 0.6) is 11.5 Å². The van der Waals surface area contributed by atoms with E-state index in [1.165, 1.54) is 13.2 Å². The maximum absolute atomic E-state index is 12.4. The maximum Gasteiger partial charge on any atom is 0.387 e. The summed E-state index contributed by atoms with van der Waals surface area (Å²) >= 11 is 0. The molecule has 0 saturated carbocycles. The number of carbonyl (C=O) groups is 1. The Morgan fingerprint density at radius 2 is 1.70 bits per heavy atom. The van der Waals surface area contributed by atoms with E-state index in [-0.39, 0.29) is 11.7 Å². The summed E-state index contributed by atoms with van der Waals surface area (Å²) in [6.07, 6.45) is 2.23. The molecule has 2 fully saturated rings. The Hall–Kier alpha value is -1.93. The highest BCUT2D eigenvalue weighted by Gasteiger charge is 2.23. The fourth-order valence-electron chi connectivity index (χ4n) is 3.63. The first-order valence-electron chi connectivity index (χ1n) is 9.39. The van der Waals surface area contributed by atoms with Crippen molar-refractivity contribution in [3.63, 3.8) is 0 Å². The monoisotopic (exact) mass is 383 g/mol. The quantitative estimate of drug-likeness (QED) is 0.721. The van der Waals surface area contributed by atoms with Gasteiger partial charge in [-0.2, -0.15) is 8.78 Å². The zero-order valence-corrected chi connectivity index (χ0v) is 15.7. The van der Waals surface area contributed by atoms with Gasteiger partial charge in [0.05, 0.1) is 13.7 Å². The first-order valence-corrected chi connectivity index (χ1v) is 9.39. The topological polar surface area (TPSA) is 45.2 Å². The van der Waals surface area contributed by atoms with Crippen molar-refractivity contribution in [2.24, 2.45) is 0 Å². The average Bonchev–Trinajstić information content (AvgIpc) is 3.19. The van der Waals surface area contributed by atoms with Crippen LogP contribution in [0.15, 0.2) is 18.2 Å². The molecule has 0 spiro atoms. The summed E-state index contributed by atoms with van der Waals surface area (Å²) < 4.78 is 34.5. The van der Waals surface area contributed by atoms with Gasteiger partial charge in [-0.15, -0.1) is 0 Å². The van der Waals surface area contributed by atoms with Crippen LogP contribution >= 0.6 is 0 Å². The van der Waals surface area contributed by atoms with Crippen LogP contribution in [0.4, 0.5) is 8.78 Å². The first-order chi connectivity index (χ1) is 13.0. The fraction of sp³-hybridized carbons (Fsp3) is 0.632. The van der Waals surface area contributed by atoms with Crippen molar-refractivity contribution in [2.45, 2.75) is 26.0 Å². The van der Waals surface area contributed by atoms with Gasteiger partial charge in [-0.05, 0) is 30.5 Å². The Balaban J connectivity index is 1.48. The van der Waals surface area contributed by atoms with Gasteiger partial charge in [-0.3, -0.25) is 14.6 Å². The van der Waals surface area contributed by atoms with Crippen LogP contribution in [-0.2, 0) is 11.3 Å². The smallest absolute Gasteiger partial charge is 0.387 e. The van der Waals surface area contributed by atoms with E-state index in [1.807, 2.05) is 4.90 Å². The van der Waals surface area contributed by atoms with E-state index in [9.17, 15) is 13.6 Å². The number of alkyl halides is 2. The van der Waals surface area contributed by atoms with Gasteiger partial charge in [0.25, 0.3) is 0 Å². The number of piperazine rings is 1. The lowest BCUT2D eigenvalue weighted by atomic mass is 10.1. The molecule has 0 aromatic heterocycles. The lowest BCUT2D eigenvalue weighted by Crippen LogP contribution is -2.49. The molecule has 150 valence electrons. The molecule has 0 bridgehead atoms. The molecule has 0 atom stereocenters. The SMILES string of the molecule is COc1cc(CN2CCN(CC(=O)N3CCCC3)CC2)ccc1OC(F)F. The van der Waals surface area contributed by atoms with E-state index >= 15 is 0 Å². The molecule has 0 radical (unpaired) electrons. The molecule has 0 aliphatic carbocycles. The Morgan fingerprint density at radius 1 is 1.04 bits per heavy atom. The highest BCUT2D eigenvalue weighted by molar-refractivity contribution is 5.78. The van der Waals surface area contributed by atoms with Crippen LogP contribution in [0.3, 0.4) is 0 Å². The number of benzene rings is 1. The van der Waals surface area contributed by atoms with Crippen molar-refractivity contribution in [3.05, 3.63) is 23.8 Å². The average molecular weight is 383 g/mol. The van der Waals surface area contributed by atoms with Crippen molar-refractivity contribution in [1.82, 2.24) is 14.7 Å². The van der Waals surface area contributed by atoms with Gasteiger partial charge < -0.3 is 14.4 Å². The molecule has 0 N–H and O–H groups in total. The van der Waals surface area contributed by atoms with E-state index in [0.29, 0.717) is 18.8 Å². The highest BCUT2D eigenvalue weighted by Crippen LogP contribution is 2.30. The van der Waals surface area contributed by atoms with Crippen LogP contribution in [0.2, 0.25) is 0 Å². The van der Waals surface area contributed by atoms with E-state index in [1.54, 1.807) is 12.1 Å². The lowest BCUT2D eigenvalue weighted by Gasteiger charge is -2.35. The van der Waals surface area contributed by atoms with E-state index in [2.05, 4.69) is 14.5 Å². The van der Waals surface area contributed by atoms with Crippen molar-refractivity contribution in [2.75, 3.05) is 52.9 Å². The van der Waals surface area contributed by atoms with Gasteiger partial charge in [0.15, 0.2) is 11.5 Å². The Kier molecular flexibility index (Phi) is 6.84. The summed E-state index contributed by atoms with van der Waals surface area (Å²) in [5.74, 6) is 0.587. The number of hydrogen-bond donors (Lipinski definition) is 0. The predicted molar refractivity (Wildman–Crippen MR) is 97.2 cm³/mol. The number of methoxy groups -OCH3 is 1. The van der Waals surface area contributed by atoms with Crippen LogP contribution in [0.1, 0.15) is 18.4 Å². The molecule has 3 rings (SSSR count). The summed E-state index contributed by atoms with van der Waals surface area (Å²) in [6.45, 7) is 3.56. The molecule has 1 aromatic rings. The minimum Gasteiger partial charge on any atom is -0.493 e. The third-order valence-electron chi connectivity index (χ3n) is 5.13. The van der Waals surface area contributed by atoms with Crippen LogP contribution in [0.25, 0.3) is 0 Å². The summed E-state index contributed by atoms with van der Waals surface area (Å²) in [4.78, 5) is 18.7. The van der Waals surface area contributed by atoms with E-state index in [4.69, 9.17) is 4.74 Å². The summed E-state index contributed by atoms with van der Waals surface area (Å²) in [5.41, 5.74) is 0.982. The molecular weight excluding hydrogens is 356 g/mol. The first kappa shape index (κ1) is 19.8. The molecule has 8 heteroatoms. The van der Waals surface area contributed by atoms with Crippen molar-refractivity contribution in [1.29, 1.82) is 0 Å². The summed E-state index contributed by atoms with van der Waals surface area (Å²) in [7, 11) is 1.44. The second-order valence-electron chi connectivity index (χ2n) is 7.00. The number of nitrogens with zero attached hydrogens (tertiary/aromatic N) is 3. The minimum atomic E-state index is -2.87. The van der Waals surface area contributed by atoms with Gasteiger partial charge in [-0.1, -0.05) is 6.07 Å². The van der Waals surface area contributed by atoms with Crippen molar-refractivity contribution in [3.8, 4) is 11.5 Å². The molecule has 1 aromatic carbocycles. The number of halogens is 2. The molecule has 1 amide bonds. The highest BCUT2D eigenvalue weighted by atomic mass is 19.3. The fourth-order valence-corrected chi connectivity index (χ4v) is 3.63. The van der Waals surface area contributed by atoms with Gasteiger partial charge in [0, 0.05) is 45.8 Å². The molecule has 2 aliphatic heterocycles. The third kappa shape index (κ3) is 5.52. The zero-order valence-electron chi connectivity index (χ0n) is 15.7. The number of likely N-dealkylation sites (tertiary alicyclic amines) is 1. The predicted octanol–water partition coefficient (Wildman–Crippen LogP) is 2.04. The molecule has 27 heavy (non-hydrogen) atoms. The van der Waals surface area contributed by atoms with Gasteiger partial charge in [-0.25, -0.2) is 0 Å². The van der Waals surface area contributed by atoms with Crippen LogP contribution in [-0.4, -0.2) is 80.1 Å². The van der Waals surface area contributed by atoms with E-state index in [0.717, 1.165) is 57.7 Å². The number of rotatable bonds is 7. The molecule has 2 aliphatic rings. The third-order valence-corrected chi connectivity index (χ3v) is 5.13. The van der Waals surface area contributed by atoms with Gasteiger partial charge in [0.2, 0.25) is 5.91 Å². The van der Waals surface area contributed by atoms with Gasteiger partial charge >= 0.3 is 6.61 Å². The number of ether oxygens (including phenoxy) is 2. The van der Waals surface area contributed by atoms with Crippen molar-refractivity contribution >= 4 is 5.91 Å².